The molecule has 2 aliphatic carbocycles. The van der Waals surface area contributed by atoms with Gasteiger partial charge in [-0.2, -0.15) is 0 Å². The quantitative estimate of drug-likeness (QED) is 0.394. The lowest BCUT2D eigenvalue weighted by atomic mass is 9.90. The normalized spacial score (nSPS) is 22.6. The number of anilines is 2. The lowest BCUT2D eigenvalue weighted by Crippen LogP contribution is -2.42. The molecule has 2 fully saturated rings. The average Bonchev–Trinajstić information content (AvgIpc) is 3.53. The molecule has 0 aromatic carbocycles. The number of pyridine rings is 2. The SMILES string of the molecule is COC[C@H](C)N[C@H]1CC[C@H](Nc2cc(-c3cnc(Cl)c(NCC4(C)CC4)c3)c(F)cn2)CC1. The fourth-order valence-corrected chi connectivity index (χ4v) is 4.64. The molecule has 2 saturated carbocycles. The van der Waals surface area contributed by atoms with Gasteiger partial charge in [0, 0.05) is 49.1 Å². The van der Waals surface area contributed by atoms with Crippen molar-refractivity contribution in [2.45, 2.75) is 70.5 Å². The summed E-state index contributed by atoms with van der Waals surface area (Å²) >= 11 is 6.29. The van der Waals surface area contributed by atoms with Crippen LogP contribution in [0.15, 0.2) is 24.5 Å². The Bertz CT molecular complexity index is 946. The molecule has 6 nitrogen and oxygen atoms in total. The van der Waals surface area contributed by atoms with E-state index in [2.05, 4.69) is 39.8 Å². The summed E-state index contributed by atoms with van der Waals surface area (Å²) in [7, 11) is 1.73. The minimum absolute atomic E-state index is 0.325. The van der Waals surface area contributed by atoms with Crippen LogP contribution in [-0.4, -0.2) is 48.4 Å². The first-order valence-electron chi connectivity index (χ1n) is 11.9. The lowest BCUT2D eigenvalue weighted by molar-refractivity contribution is 0.161. The van der Waals surface area contributed by atoms with E-state index in [4.69, 9.17) is 16.3 Å². The van der Waals surface area contributed by atoms with Gasteiger partial charge in [0.25, 0.3) is 0 Å². The van der Waals surface area contributed by atoms with Gasteiger partial charge < -0.3 is 20.7 Å². The molecule has 2 aliphatic rings. The maximum Gasteiger partial charge on any atom is 0.152 e. The molecule has 4 rings (SSSR count). The molecule has 0 aliphatic heterocycles. The summed E-state index contributed by atoms with van der Waals surface area (Å²) in [5.41, 5.74) is 2.22. The van der Waals surface area contributed by atoms with Crippen molar-refractivity contribution in [1.82, 2.24) is 15.3 Å². The number of ether oxygens (including phenoxy) is 1. The van der Waals surface area contributed by atoms with E-state index in [1.54, 1.807) is 19.4 Å². The highest BCUT2D eigenvalue weighted by atomic mass is 35.5. The van der Waals surface area contributed by atoms with Crippen LogP contribution in [0.1, 0.15) is 52.4 Å². The van der Waals surface area contributed by atoms with Crippen LogP contribution in [0, 0.1) is 11.2 Å². The third-order valence-corrected chi connectivity index (χ3v) is 7.13. The molecule has 2 aromatic heterocycles. The number of halogens is 2. The predicted molar refractivity (Wildman–Crippen MR) is 132 cm³/mol. The third kappa shape index (κ3) is 6.55. The summed E-state index contributed by atoms with van der Waals surface area (Å²) < 4.78 is 19.9. The van der Waals surface area contributed by atoms with E-state index in [0.29, 0.717) is 45.6 Å². The first-order chi connectivity index (χ1) is 15.8. The van der Waals surface area contributed by atoms with Crippen LogP contribution in [-0.2, 0) is 4.74 Å². The first kappa shape index (κ1) is 24.2. The van der Waals surface area contributed by atoms with Crippen LogP contribution in [0.3, 0.4) is 0 Å². The van der Waals surface area contributed by atoms with E-state index in [-0.39, 0.29) is 5.82 Å². The van der Waals surface area contributed by atoms with Crippen LogP contribution in [0.5, 0.6) is 0 Å². The number of rotatable bonds is 10. The second-order valence-electron chi connectivity index (χ2n) is 9.99. The van der Waals surface area contributed by atoms with Gasteiger partial charge in [-0.1, -0.05) is 18.5 Å². The summed E-state index contributed by atoms with van der Waals surface area (Å²) in [6, 6.07) is 4.84. The molecular formula is C25H35ClFN5O. The topological polar surface area (TPSA) is 71.1 Å². The van der Waals surface area contributed by atoms with Crippen LogP contribution in [0.4, 0.5) is 15.9 Å². The highest BCUT2D eigenvalue weighted by molar-refractivity contribution is 6.32. The second-order valence-corrected chi connectivity index (χ2v) is 10.3. The zero-order valence-electron chi connectivity index (χ0n) is 19.8. The molecule has 2 heterocycles. The summed E-state index contributed by atoms with van der Waals surface area (Å²) in [6.07, 6.45) is 9.59. The maximum absolute atomic E-state index is 14.7. The van der Waals surface area contributed by atoms with E-state index >= 15 is 0 Å². The van der Waals surface area contributed by atoms with Crippen molar-refractivity contribution >= 4 is 23.1 Å². The molecule has 8 heteroatoms. The smallest absolute Gasteiger partial charge is 0.152 e. The van der Waals surface area contributed by atoms with Gasteiger partial charge >= 0.3 is 0 Å². The van der Waals surface area contributed by atoms with E-state index in [0.717, 1.165) is 44.5 Å². The number of aromatic nitrogens is 2. The average molecular weight is 476 g/mol. The highest BCUT2D eigenvalue weighted by Crippen LogP contribution is 2.45. The van der Waals surface area contributed by atoms with Crippen molar-refractivity contribution in [3.8, 4) is 11.1 Å². The van der Waals surface area contributed by atoms with E-state index in [1.165, 1.54) is 19.0 Å². The monoisotopic (exact) mass is 475 g/mol. The van der Waals surface area contributed by atoms with Crippen molar-refractivity contribution in [3.63, 3.8) is 0 Å². The van der Waals surface area contributed by atoms with Gasteiger partial charge in [-0.3, -0.25) is 0 Å². The van der Waals surface area contributed by atoms with E-state index in [1.807, 2.05) is 6.07 Å². The number of hydrogen-bond donors (Lipinski definition) is 3. The Morgan fingerprint density at radius 1 is 1.15 bits per heavy atom. The Morgan fingerprint density at radius 2 is 1.88 bits per heavy atom. The number of methoxy groups -OCH3 is 1. The summed E-state index contributed by atoms with van der Waals surface area (Å²) in [6.45, 7) is 5.95. The van der Waals surface area contributed by atoms with Crippen LogP contribution >= 0.6 is 11.6 Å². The zero-order chi connectivity index (χ0) is 23.4. The maximum atomic E-state index is 14.7. The lowest BCUT2D eigenvalue weighted by Gasteiger charge is -2.31. The van der Waals surface area contributed by atoms with E-state index in [9.17, 15) is 4.39 Å². The number of nitrogens with one attached hydrogen (secondary N) is 3. The molecule has 0 unspecified atom stereocenters. The molecular weight excluding hydrogens is 441 g/mol. The zero-order valence-corrected chi connectivity index (χ0v) is 20.5. The number of nitrogens with zero attached hydrogens (tertiary/aromatic N) is 2. The van der Waals surface area contributed by atoms with Crippen molar-refractivity contribution in [3.05, 3.63) is 35.5 Å². The molecule has 1 atom stereocenters. The Hall–Kier alpha value is -1.96. The molecule has 0 radical (unpaired) electrons. The summed E-state index contributed by atoms with van der Waals surface area (Å²) in [5, 5.41) is 10.9. The molecule has 0 saturated heterocycles. The predicted octanol–water partition coefficient (Wildman–Crippen LogP) is 5.50. The van der Waals surface area contributed by atoms with Gasteiger partial charge in [-0.25, -0.2) is 14.4 Å². The number of hydrogen-bond acceptors (Lipinski definition) is 6. The van der Waals surface area contributed by atoms with Crippen LogP contribution < -0.4 is 16.0 Å². The summed E-state index contributed by atoms with van der Waals surface area (Å²) in [5.74, 6) is 0.315. The van der Waals surface area contributed by atoms with Crippen LogP contribution in [0.2, 0.25) is 5.15 Å². The second kappa shape index (κ2) is 10.5. The molecule has 33 heavy (non-hydrogen) atoms. The third-order valence-electron chi connectivity index (χ3n) is 6.83. The fraction of sp³-hybridized carbons (Fsp3) is 0.600. The van der Waals surface area contributed by atoms with Gasteiger partial charge in [0.2, 0.25) is 0 Å². The minimum Gasteiger partial charge on any atom is -0.383 e. The largest absolute Gasteiger partial charge is 0.383 e. The van der Waals surface area contributed by atoms with Crippen molar-refractivity contribution < 1.29 is 9.13 Å². The molecule has 2 aromatic rings. The van der Waals surface area contributed by atoms with Crippen LogP contribution in [0.25, 0.3) is 11.1 Å². The fourth-order valence-electron chi connectivity index (χ4n) is 4.47. The standard InChI is InChI=1S/C25H35ClFN5O/c1-16(14-33-3)31-18-4-6-19(7-5-18)32-23-11-20(21(27)13-28-23)17-10-22(24(26)29-12-17)30-15-25(2)8-9-25/h10-13,16,18-19,30-31H,4-9,14-15H2,1-3H3,(H,28,32)/t16-,18-,19-/m0/s1. The Balaban J connectivity index is 1.39. The van der Waals surface area contributed by atoms with Crippen molar-refractivity contribution in [1.29, 1.82) is 0 Å². The molecule has 0 bridgehead atoms. The molecule has 0 spiro atoms. The van der Waals surface area contributed by atoms with E-state index < -0.39 is 0 Å². The first-order valence-corrected chi connectivity index (χ1v) is 12.3. The van der Waals surface area contributed by atoms with Gasteiger partial charge in [0.05, 0.1) is 18.5 Å². The molecule has 0 amide bonds. The van der Waals surface area contributed by atoms with Gasteiger partial charge in [0.15, 0.2) is 5.15 Å². The van der Waals surface area contributed by atoms with Gasteiger partial charge in [0.1, 0.15) is 11.6 Å². The summed E-state index contributed by atoms with van der Waals surface area (Å²) in [4.78, 5) is 8.57. The molecule has 3 N–H and O–H groups in total. The molecule has 180 valence electrons. The van der Waals surface area contributed by atoms with Crippen molar-refractivity contribution in [2.75, 3.05) is 30.9 Å². The van der Waals surface area contributed by atoms with Gasteiger partial charge in [-0.05, 0) is 63.0 Å². The van der Waals surface area contributed by atoms with Gasteiger partial charge in [-0.15, -0.1) is 0 Å². The minimum atomic E-state index is -0.371. The Labute approximate surface area is 201 Å². The van der Waals surface area contributed by atoms with Crippen molar-refractivity contribution in [2.24, 2.45) is 5.41 Å². The highest BCUT2D eigenvalue weighted by Gasteiger charge is 2.36. The Morgan fingerprint density at radius 3 is 2.58 bits per heavy atom. The Kier molecular flexibility index (Phi) is 7.72.